The zero-order valence-corrected chi connectivity index (χ0v) is 11.4. The Morgan fingerprint density at radius 2 is 2.24 bits per heavy atom. The van der Waals surface area contributed by atoms with Crippen LogP contribution in [0.25, 0.3) is 0 Å². The first kappa shape index (κ1) is 13.2. The fourth-order valence-electron chi connectivity index (χ4n) is 2.42. The maximum absolute atomic E-state index is 11.8. The van der Waals surface area contributed by atoms with Crippen LogP contribution in [0, 0.1) is 0 Å². The molecule has 17 heavy (non-hydrogen) atoms. The van der Waals surface area contributed by atoms with Gasteiger partial charge in [-0.2, -0.15) is 0 Å². The van der Waals surface area contributed by atoms with E-state index in [-0.39, 0.29) is 11.9 Å². The number of carbonyl (C=O) groups excluding carboxylic acids is 1. The Kier molecular flexibility index (Phi) is 5.13. The van der Waals surface area contributed by atoms with Gasteiger partial charge < -0.3 is 5.32 Å². The largest absolute Gasteiger partial charge is 0.353 e. The second kappa shape index (κ2) is 6.61. The number of piperidine rings is 1. The molecular weight excluding hydrogens is 234 g/mol. The number of likely N-dealkylation sites (tertiary alicyclic amines) is 1. The summed E-state index contributed by atoms with van der Waals surface area (Å²) in [5.74, 6) is 1.97. The van der Waals surface area contributed by atoms with Gasteiger partial charge in [-0.15, -0.1) is 11.8 Å². The van der Waals surface area contributed by atoms with Crippen molar-refractivity contribution >= 4 is 17.7 Å². The van der Waals surface area contributed by atoms with Crippen LogP contribution < -0.4 is 10.6 Å². The minimum atomic E-state index is 0.0218. The summed E-state index contributed by atoms with van der Waals surface area (Å²) >= 11 is 1.79. The van der Waals surface area contributed by atoms with E-state index in [1.807, 2.05) is 0 Å². The molecule has 0 aliphatic carbocycles. The number of rotatable bonds is 4. The average Bonchev–Trinajstić information content (AvgIpc) is 2.90. The number of thioether (sulfide) groups is 1. The van der Waals surface area contributed by atoms with Gasteiger partial charge in [0, 0.05) is 24.2 Å². The van der Waals surface area contributed by atoms with E-state index in [4.69, 9.17) is 0 Å². The van der Waals surface area contributed by atoms with E-state index in [0.29, 0.717) is 6.04 Å². The van der Waals surface area contributed by atoms with Crippen LogP contribution in [-0.2, 0) is 4.79 Å². The highest BCUT2D eigenvalue weighted by Gasteiger charge is 2.23. The van der Waals surface area contributed by atoms with Crippen molar-refractivity contribution in [3.05, 3.63) is 0 Å². The Morgan fingerprint density at radius 3 is 2.88 bits per heavy atom. The summed E-state index contributed by atoms with van der Waals surface area (Å²) in [5, 5.41) is 6.26. The lowest BCUT2D eigenvalue weighted by molar-refractivity contribution is -0.122. The number of hydrogen-bond donors (Lipinski definition) is 2. The van der Waals surface area contributed by atoms with Crippen molar-refractivity contribution in [2.45, 2.75) is 38.3 Å². The van der Waals surface area contributed by atoms with Gasteiger partial charge in [0.05, 0.1) is 6.04 Å². The minimum absolute atomic E-state index is 0.0218. The van der Waals surface area contributed by atoms with Crippen molar-refractivity contribution in [2.75, 3.05) is 31.3 Å². The van der Waals surface area contributed by atoms with E-state index >= 15 is 0 Å². The normalized spacial score (nSPS) is 27.9. The maximum atomic E-state index is 11.8. The Bertz CT molecular complexity index is 250. The molecule has 0 radical (unpaired) electrons. The fraction of sp³-hybridized carbons (Fsp3) is 0.917. The molecule has 0 spiro atoms. The molecule has 0 bridgehead atoms. The molecule has 2 unspecified atom stereocenters. The fourth-order valence-corrected chi connectivity index (χ4v) is 3.37. The molecule has 2 rings (SSSR count). The Labute approximate surface area is 108 Å². The molecule has 0 aromatic rings. The highest BCUT2D eigenvalue weighted by molar-refractivity contribution is 7.99. The third kappa shape index (κ3) is 3.86. The quantitative estimate of drug-likeness (QED) is 0.776. The Hall–Kier alpha value is -0.260. The number of nitrogens with zero attached hydrogens (tertiary/aromatic N) is 1. The van der Waals surface area contributed by atoms with Crippen LogP contribution in [0.1, 0.15) is 26.2 Å². The molecule has 2 atom stereocenters. The van der Waals surface area contributed by atoms with Crippen LogP contribution in [-0.4, -0.2) is 54.2 Å². The number of carbonyl (C=O) groups is 1. The molecule has 0 aromatic heterocycles. The van der Waals surface area contributed by atoms with Crippen LogP contribution in [0.5, 0.6) is 0 Å². The molecule has 2 N–H and O–H groups in total. The SMILES string of the molecule is CC(CNC(=O)C1CSCN1)N1CCCCC1. The van der Waals surface area contributed by atoms with E-state index in [0.717, 1.165) is 18.2 Å². The maximum Gasteiger partial charge on any atom is 0.238 e. The Balaban J connectivity index is 1.67. The minimum Gasteiger partial charge on any atom is -0.353 e. The van der Waals surface area contributed by atoms with E-state index in [1.54, 1.807) is 11.8 Å². The van der Waals surface area contributed by atoms with Gasteiger partial charge in [0.15, 0.2) is 0 Å². The molecule has 0 aromatic carbocycles. The predicted octanol–water partition coefficient (Wildman–Crippen LogP) is 0.640. The van der Waals surface area contributed by atoms with E-state index in [1.165, 1.54) is 32.4 Å². The average molecular weight is 257 g/mol. The molecule has 2 aliphatic rings. The van der Waals surface area contributed by atoms with Gasteiger partial charge in [0.1, 0.15) is 0 Å². The van der Waals surface area contributed by atoms with Gasteiger partial charge in [0.25, 0.3) is 0 Å². The Morgan fingerprint density at radius 1 is 1.47 bits per heavy atom. The van der Waals surface area contributed by atoms with Crippen molar-refractivity contribution in [2.24, 2.45) is 0 Å². The highest BCUT2D eigenvalue weighted by atomic mass is 32.2. The van der Waals surface area contributed by atoms with E-state index < -0.39 is 0 Å². The first-order valence-electron chi connectivity index (χ1n) is 6.60. The monoisotopic (exact) mass is 257 g/mol. The molecule has 2 aliphatic heterocycles. The number of nitrogens with one attached hydrogen (secondary N) is 2. The van der Waals surface area contributed by atoms with Crippen molar-refractivity contribution in [1.29, 1.82) is 0 Å². The van der Waals surface area contributed by atoms with Gasteiger partial charge in [0.2, 0.25) is 5.91 Å². The molecule has 0 saturated carbocycles. The zero-order valence-electron chi connectivity index (χ0n) is 10.6. The summed E-state index contributed by atoms with van der Waals surface area (Å²) in [6, 6.07) is 0.488. The molecule has 2 saturated heterocycles. The molecule has 1 amide bonds. The summed E-state index contributed by atoms with van der Waals surface area (Å²) in [5.41, 5.74) is 0. The predicted molar refractivity (Wildman–Crippen MR) is 72.1 cm³/mol. The number of amides is 1. The second-order valence-corrected chi connectivity index (χ2v) is 5.99. The summed E-state index contributed by atoms with van der Waals surface area (Å²) in [7, 11) is 0. The van der Waals surface area contributed by atoms with Crippen LogP contribution in [0.4, 0.5) is 0 Å². The third-order valence-corrected chi connectivity index (χ3v) is 4.56. The van der Waals surface area contributed by atoms with Crippen LogP contribution in [0.15, 0.2) is 0 Å². The first-order chi connectivity index (χ1) is 8.27. The summed E-state index contributed by atoms with van der Waals surface area (Å²) < 4.78 is 0. The van der Waals surface area contributed by atoms with E-state index in [2.05, 4.69) is 22.5 Å². The van der Waals surface area contributed by atoms with Gasteiger partial charge in [-0.05, 0) is 32.9 Å². The lowest BCUT2D eigenvalue weighted by Crippen LogP contribution is -2.48. The lowest BCUT2D eigenvalue weighted by atomic mass is 10.1. The van der Waals surface area contributed by atoms with Crippen LogP contribution in [0.2, 0.25) is 0 Å². The summed E-state index contributed by atoms with van der Waals surface area (Å²) in [4.78, 5) is 14.3. The highest BCUT2D eigenvalue weighted by Crippen LogP contribution is 2.12. The molecule has 5 heteroatoms. The molecular formula is C12H23N3OS. The smallest absolute Gasteiger partial charge is 0.238 e. The van der Waals surface area contributed by atoms with Gasteiger partial charge in [-0.25, -0.2) is 0 Å². The van der Waals surface area contributed by atoms with Crippen molar-refractivity contribution in [3.63, 3.8) is 0 Å². The first-order valence-corrected chi connectivity index (χ1v) is 7.76. The van der Waals surface area contributed by atoms with Gasteiger partial charge >= 0.3 is 0 Å². The topological polar surface area (TPSA) is 44.4 Å². The van der Waals surface area contributed by atoms with Crippen molar-refractivity contribution < 1.29 is 4.79 Å². The van der Waals surface area contributed by atoms with Crippen LogP contribution in [0.3, 0.4) is 0 Å². The van der Waals surface area contributed by atoms with Crippen molar-refractivity contribution in [3.8, 4) is 0 Å². The molecule has 98 valence electrons. The van der Waals surface area contributed by atoms with Crippen molar-refractivity contribution in [1.82, 2.24) is 15.5 Å². The van der Waals surface area contributed by atoms with Crippen LogP contribution >= 0.6 is 11.8 Å². The molecule has 4 nitrogen and oxygen atoms in total. The molecule has 2 fully saturated rings. The van der Waals surface area contributed by atoms with Gasteiger partial charge in [-0.1, -0.05) is 6.42 Å². The summed E-state index contributed by atoms with van der Waals surface area (Å²) in [6.07, 6.45) is 3.97. The van der Waals surface area contributed by atoms with E-state index in [9.17, 15) is 4.79 Å². The number of hydrogen-bond acceptors (Lipinski definition) is 4. The second-order valence-electron chi connectivity index (χ2n) is 4.96. The third-order valence-electron chi connectivity index (χ3n) is 3.62. The summed E-state index contributed by atoms with van der Waals surface area (Å²) in [6.45, 7) is 5.37. The standard InChI is InChI=1S/C12H23N3OS/c1-10(15-5-3-2-4-6-15)7-13-12(16)11-8-17-9-14-11/h10-11,14H,2-9H2,1H3,(H,13,16). The molecule has 2 heterocycles. The van der Waals surface area contributed by atoms with Gasteiger partial charge in [-0.3, -0.25) is 15.0 Å². The lowest BCUT2D eigenvalue weighted by Gasteiger charge is -2.32. The zero-order chi connectivity index (χ0) is 12.1.